The first kappa shape index (κ1) is 17.5. The van der Waals surface area contributed by atoms with Crippen LogP contribution in [0.15, 0.2) is 18.5 Å². The Morgan fingerprint density at radius 3 is 2.61 bits per heavy atom. The lowest BCUT2D eigenvalue weighted by molar-refractivity contribution is -0.141. The summed E-state index contributed by atoms with van der Waals surface area (Å²) in [6, 6.07) is 1.13. The first-order chi connectivity index (χ1) is 10.9. The van der Waals surface area contributed by atoms with Crippen LogP contribution in [-0.2, 0) is 4.79 Å². The van der Waals surface area contributed by atoms with Gasteiger partial charge in [0.2, 0.25) is 11.9 Å². The number of nitrogens with zero attached hydrogens (tertiary/aromatic N) is 4. The zero-order chi connectivity index (χ0) is 16.9. The van der Waals surface area contributed by atoms with E-state index in [1.54, 1.807) is 25.4 Å². The third-order valence-electron chi connectivity index (χ3n) is 3.76. The topological polar surface area (TPSA) is 61.4 Å². The lowest BCUT2D eigenvalue weighted by Crippen LogP contribution is -2.48. The van der Waals surface area contributed by atoms with Gasteiger partial charge in [-0.3, -0.25) is 9.69 Å². The number of aromatic nitrogens is 2. The van der Waals surface area contributed by atoms with Gasteiger partial charge in [0.1, 0.15) is 6.54 Å². The summed E-state index contributed by atoms with van der Waals surface area (Å²) in [5, 5.41) is 1.94. The Balaban J connectivity index is 1.88. The van der Waals surface area contributed by atoms with Crippen molar-refractivity contribution in [1.29, 1.82) is 0 Å². The van der Waals surface area contributed by atoms with Gasteiger partial charge in [0.15, 0.2) is 0 Å². The molecular weight excluding hydrogens is 311 g/mol. The summed E-state index contributed by atoms with van der Waals surface area (Å²) in [7, 11) is 0. The van der Waals surface area contributed by atoms with E-state index in [9.17, 15) is 18.0 Å². The first-order valence-corrected chi connectivity index (χ1v) is 7.47. The van der Waals surface area contributed by atoms with Crippen molar-refractivity contribution in [3.63, 3.8) is 0 Å². The van der Waals surface area contributed by atoms with E-state index >= 15 is 0 Å². The van der Waals surface area contributed by atoms with Crippen LogP contribution in [-0.4, -0.2) is 65.7 Å². The van der Waals surface area contributed by atoms with Crippen molar-refractivity contribution >= 4 is 11.9 Å². The second-order valence-electron chi connectivity index (χ2n) is 5.43. The molecule has 1 aliphatic heterocycles. The molecular formula is C14H20F3N5O. The van der Waals surface area contributed by atoms with Gasteiger partial charge in [-0.1, -0.05) is 0 Å². The Kier molecular flexibility index (Phi) is 5.75. The van der Waals surface area contributed by atoms with Crippen molar-refractivity contribution in [2.45, 2.75) is 25.6 Å². The van der Waals surface area contributed by atoms with Crippen LogP contribution in [0.25, 0.3) is 0 Å². The van der Waals surface area contributed by atoms with E-state index < -0.39 is 24.7 Å². The standard InChI is InChI=1S/C14H20F3N5O/c1-11(12(23)20-10-14(15,16)17)21-6-3-7-22(9-8-21)13-18-4-2-5-19-13/h2,4-5,11H,3,6-10H2,1H3,(H,20,23). The number of hydrogen-bond donors (Lipinski definition) is 1. The molecule has 1 N–H and O–H groups in total. The quantitative estimate of drug-likeness (QED) is 0.894. The lowest BCUT2D eigenvalue weighted by Gasteiger charge is -2.27. The molecule has 128 valence electrons. The Bertz CT molecular complexity index is 511. The van der Waals surface area contributed by atoms with Gasteiger partial charge in [-0.05, 0) is 19.4 Å². The van der Waals surface area contributed by atoms with E-state index in [4.69, 9.17) is 0 Å². The Morgan fingerprint density at radius 2 is 1.96 bits per heavy atom. The summed E-state index contributed by atoms with van der Waals surface area (Å²) in [5.74, 6) is 0.0234. The molecule has 1 atom stereocenters. The molecule has 2 heterocycles. The van der Waals surface area contributed by atoms with Crippen molar-refractivity contribution in [2.75, 3.05) is 37.6 Å². The summed E-state index contributed by atoms with van der Waals surface area (Å²) in [6.45, 7) is 2.91. The molecule has 1 saturated heterocycles. The van der Waals surface area contributed by atoms with Crippen LogP contribution in [0.2, 0.25) is 0 Å². The monoisotopic (exact) mass is 331 g/mol. The minimum absolute atomic E-state index is 0.568. The summed E-state index contributed by atoms with van der Waals surface area (Å²) in [6.07, 6.45) is -0.277. The number of anilines is 1. The molecule has 1 fully saturated rings. The largest absolute Gasteiger partial charge is 0.405 e. The molecule has 23 heavy (non-hydrogen) atoms. The van der Waals surface area contributed by atoms with Gasteiger partial charge >= 0.3 is 6.18 Å². The number of hydrogen-bond acceptors (Lipinski definition) is 5. The highest BCUT2D eigenvalue weighted by molar-refractivity contribution is 5.81. The molecule has 1 amide bonds. The van der Waals surface area contributed by atoms with Crippen molar-refractivity contribution < 1.29 is 18.0 Å². The van der Waals surface area contributed by atoms with Crippen LogP contribution in [0.4, 0.5) is 19.1 Å². The molecule has 6 nitrogen and oxygen atoms in total. The number of rotatable bonds is 4. The predicted octanol–water partition coefficient (Wildman–Crippen LogP) is 1.06. The van der Waals surface area contributed by atoms with Crippen LogP contribution < -0.4 is 10.2 Å². The molecule has 1 aliphatic rings. The molecule has 0 aromatic carbocycles. The molecule has 1 aromatic rings. The van der Waals surface area contributed by atoms with E-state index in [1.807, 2.05) is 15.1 Å². The van der Waals surface area contributed by atoms with Gasteiger partial charge < -0.3 is 10.2 Å². The zero-order valence-corrected chi connectivity index (χ0v) is 12.9. The van der Waals surface area contributed by atoms with Gasteiger partial charge in [0.05, 0.1) is 6.04 Å². The Hall–Kier alpha value is -1.90. The maximum Gasteiger partial charge on any atom is 0.405 e. The first-order valence-electron chi connectivity index (χ1n) is 7.47. The van der Waals surface area contributed by atoms with Gasteiger partial charge in [-0.2, -0.15) is 13.2 Å². The highest BCUT2D eigenvalue weighted by atomic mass is 19.4. The third kappa shape index (κ3) is 5.34. The fourth-order valence-electron chi connectivity index (χ4n) is 2.48. The number of nitrogens with one attached hydrogen (secondary N) is 1. The van der Waals surface area contributed by atoms with E-state index in [-0.39, 0.29) is 0 Å². The molecule has 0 spiro atoms. The molecule has 0 bridgehead atoms. The van der Waals surface area contributed by atoms with E-state index in [1.165, 1.54) is 0 Å². The summed E-state index contributed by atoms with van der Waals surface area (Å²) >= 11 is 0. The smallest absolute Gasteiger partial charge is 0.346 e. The Morgan fingerprint density at radius 1 is 1.26 bits per heavy atom. The fraction of sp³-hybridized carbons (Fsp3) is 0.643. The van der Waals surface area contributed by atoms with Gasteiger partial charge in [-0.15, -0.1) is 0 Å². The molecule has 1 unspecified atom stereocenters. The molecule has 0 aliphatic carbocycles. The van der Waals surface area contributed by atoms with Crippen LogP contribution >= 0.6 is 0 Å². The van der Waals surface area contributed by atoms with Crippen LogP contribution in [0, 0.1) is 0 Å². The van der Waals surface area contributed by atoms with Crippen molar-refractivity contribution in [1.82, 2.24) is 20.2 Å². The summed E-state index contributed by atoms with van der Waals surface area (Å²) in [4.78, 5) is 24.2. The minimum atomic E-state index is -4.39. The second kappa shape index (κ2) is 7.58. The summed E-state index contributed by atoms with van der Waals surface area (Å²) < 4.78 is 36.5. The van der Waals surface area contributed by atoms with Gasteiger partial charge in [0.25, 0.3) is 0 Å². The van der Waals surface area contributed by atoms with Gasteiger partial charge in [-0.25, -0.2) is 9.97 Å². The average Bonchev–Trinajstić information content (AvgIpc) is 2.78. The van der Waals surface area contributed by atoms with Crippen LogP contribution in [0.5, 0.6) is 0 Å². The van der Waals surface area contributed by atoms with E-state index in [0.29, 0.717) is 25.6 Å². The third-order valence-corrected chi connectivity index (χ3v) is 3.76. The normalized spacial score (nSPS) is 18.3. The van der Waals surface area contributed by atoms with E-state index in [0.717, 1.165) is 13.0 Å². The molecule has 0 saturated carbocycles. The number of amides is 1. The highest BCUT2D eigenvalue weighted by Crippen LogP contribution is 2.14. The number of carbonyl (C=O) groups excluding carboxylic acids is 1. The summed E-state index contributed by atoms with van der Waals surface area (Å²) in [5.41, 5.74) is 0. The zero-order valence-electron chi connectivity index (χ0n) is 12.9. The minimum Gasteiger partial charge on any atom is -0.346 e. The number of alkyl halides is 3. The highest BCUT2D eigenvalue weighted by Gasteiger charge is 2.30. The SMILES string of the molecule is CC(C(=O)NCC(F)(F)F)N1CCCN(c2ncccn2)CC1. The van der Waals surface area contributed by atoms with Crippen LogP contribution in [0.3, 0.4) is 0 Å². The van der Waals surface area contributed by atoms with Crippen LogP contribution in [0.1, 0.15) is 13.3 Å². The number of carbonyl (C=O) groups is 1. The van der Waals surface area contributed by atoms with Crippen molar-refractivity contribution in [3.8, 4) is 0 Å². The maximum atomic E-state index is 12.2. The lowest BCUT2D eigenvalue weighted by atomic mass is 10.2. The predicted molar refractivity (Wildman–Crippen MR) is 79.0 cm³/mol. The average molecular weight is 331 g/mol. The number of halogens is 3. The molecule has 9 heteroatoms. The van der Waals surface area contributed by atoms with Crippen molar-refractivity contribution in [3.05, 3.63) is 18.5 Å². The van der Waals surface area contributed by atoms with Crippen molar-refractivity contribution in [2.24, 2.45) is 0 Å². The Labute approximate surface area is 132 Å². The molecule has 0 radical (unpaired) electrons. The maximum absolute atomic E-state index is 12.2. The second-order valence-corrected chi connectivity index (χ2v) is 5.43. The van der Waals surface area contributed by atoms with E-state index in [2.05, 4.69) is 9.97 Å². The van der Waals surface area contributed by atoms with Gasteiger partial charge in [0, 0.05) is 38.6 Å². The fourth-order valence-corrected chi connectivity index (χ4v) is 2.48. The molecule has 1 aromatic heterocycles. The molecule has 2 rings (SSSR count).